The Kier molecular flexibility index (Phi) is 4.35. The van der Waals surface area contributed by atoms with Crippen LogP contribution in [0.1, 0.15) is 24.4 Å². The van der Waals surface area contributed by atoms with Crippen molar-refractivity contribution >= 4 is 0 Å². The van der Waals surface area contributed by atoms with Crippen molar-refractivity contribution in [1.29, 1.82) is 0 Å². The molecule has 1 heterocycles. The number of ether oxygens (including phenoxy) is 2. The molecule has 0 amide bonds. The molecule has 0 aliphatic carbocycles. The first kappa shape index (κ1) is 13.4. The van der Waals surface area contributed by atoms with Crippen molar-refractivity contribution < 1.29 is 9.47 Å². The summed E-state index contributed by atoms with van der Waals surface area (Å²) in [6, 6.07) is 5.76. The van der Waals surface area contributed by atoms with Crippen LogP contribution in [0, 0.1) is 0 Å². The molecule has 0 radical (unpaired) electrons. The second-order valence-corrected chi connectivity index (χ2v) is 3.98. The third-order valence-corrected chi connectivity index (χ3v) is 2.86. The second kappa shape index (κ2) is 6.19. The highest BCUT2D eigenvalue weighted by Crippen LogP contribution is 2.31. The summed E-state index contributed by atoms with van der Waals surface area (Å²) in [4.78, 5) is 4.21. The van der Waals surface area contributed by atoms with E-state index in [9.17, 15) is 0 Å². The van der Waals surface area contributed by atoms with Crippen LogP contribution in [0.25, 0.3) is 0 Å². The Morgan fingerprint density at radius 2 is 2.05 bits per heavy atom. The van der Waals surface area contributed by atoms with Crippen LogP contribution in [0.3, 0.4) is 0 Å². The number of benzene rings is 1. The molecule has 1 atom stereocenters. The van der Waals surface area contributed by atoms with Gasteiger partial charge in [0.1, 0.15) is 12.2 Å². The third-order valence-electron chi connectivity index (χ3n) is 2.86. The Morgan fingerprint density at radius 1 is 1.26 bits per heavy atom. The quantitative estimate of drug-likeness (QED) is 0.826. The molecule has 2 aromatic rings. The fourth-order valence-corrected chi connectivity index (χ4v) is 1.96. The minimum Gasteiger partial charge on any atom is -0.493 e. The Hall–Kier alpha value is -2.08. The first-order valence-electron chi connectivity index (χ1n) is 6.10. The average Bonchev–Trinajstić information content (AvgIpc) is 2.98. The molecule has 0 spiro atoms. The molecule has 19 heavy (non-hydrogen) atoms. The molecule has 2 N–H and O–H groups in total. The summed E-state index contributed by atoms with van der Waals surface area (Å²) in [5.74, 6) is 2.18. The standard InChI is InChI=1S/C13H18N4O2/c1-4-14-12(13-15-8-16-17-13)9-5-6-10(18-2)11(7-9)19-3/h5-8,12,14H,4H2,1-3H3,(H,15,16,17). The van der Waals surface area contributed by atoms with Crippen molar-refractivity contribution in [3.8, 4) is 11.5 Å². The first-order valence-corrected chi connectivity index (χ1v) is 6.10. The van der Waals surface area contributed by atoms with E-state index in [2.05, 4.69) is 20.5 Å². The van der Waals surface area contributed by atoms with Crippen molar-refractivity contribution in [3.63, 3.8) is 0 Å². The normalized spacial score (nSPS) is 12.2. The summed E-state index contributed by atoms with van der Waals surface area (Å²) < 4.78 is 10.6. The van der Waals surface area contributed by atoms with Crippen molar-refractivity contribution in [2.75, 3.05) is 20.8 Å². The molecule has 0 fully saturated rings. The van der Waals surface area contributed by atoms with Gasteiger partial charge >= 0.3 is 0 Å². The van der Waals surface area contributed by atoms with Crippen LogP contribution in [0.2, 0.25) is 0 Å². The molecule has 2 rings (SSSR count). The fraction of sp³-hybridized carbons (Fsp3) is 0.385. The van der Waals surface area contributed by atoms with E-state index in [1.54, 1.807) is 14.2 Å². The molecule has 6 nitrogen and oxygen atoms in total. The number of aromatic nitrogens is 3. The largest absolute Gasteiger partial charge is 0.493 e. The van der Waals surface area contributed by atoms with Crippen LogP contribution in [-0.4, -0.2) is 35.9 Å². The summed E-state index contributed by atoms with van der Waals surface area (Å²) in [5, 5.41) is 10.1. The average molecular weight is 262 g/mol. The number of H-pyrrole nitrogens is 1. The second-order valence-electron chi connectivity index (χ2n) is 3.98. The molecule has 1 unspecified atom stereocenters. The van der Waals surface area contributed by atoms with E-state index in [1.165, 1.54) is 6.33 Å². The zero-order valence-electron chi connectivity index (χ0n) is 11.3. The summed E-state index contributed by atoms with van der Waals surface area (Å²) in [6.45, 7) is 2.86. The molecule has 0 saturated carbocycles. The monoisotopic (exact) mass is 262 g/mol. The predicted octanol–water partition coefficient (Wildman–Crippen LogP) is 1.52. The number of hydrogen-bond donors (Lipinski definition) is 2. The highest BCUT2D eigenvalue weighted by Gasteiger charge is 2.17. The maximum Gasteiger partial charge on any atom is 0.161 e. The van der Waals surface area contributed by atoms with E-state index in [0.717, 1.165) is 17.9 Å². The van der Waals surface area contributed by atoms with Gasteiger partial charge in [-0.05, 0) is 24.2 Å². The Morgan fingerprint density at radius 3 is 2.63 bits per heavy atom. The van der Waals surface area contributed by atoms with Gasteiger partial charge in [-0.3, -0.25) is 5.10 Å². The highest BCUT2D eigenvalue weighted by molar-refractivity contribution is 5.44. The number of methoxy groups -OCH3 is 2. The molecule has 0 saturated heterocycles. The van der Waals surface area contributed by atoms with Gasteiger partial charge in [-0.15, -0.1) is 0 Å². The maximum absolute atomic E-state index is 5.32. The van der Waals surface area contributed by atoms with E-state index in [4.69, 9.17) is 9.47 Å². The van der Waals surface area contributed by atoms with Crippen LogP contribution in [0.5, 0.6) is 11.5 Å². The lowest BCUT2D eigenvalue weighted by Gasteiger charge is -2.17. The van der Waals surface area contributed by atoms with Gasteiger partial charge < -0.3 is 14.8 Å². The lowest BCUT2D eigenvalue weighted by Crippen LogP contribution is -2.23. The van der Waals surface area contributed by atoms with Crippen LogP contribution in [0.15, 0.2) is 24.5 Å². The number of nitrogens with one attached hydrogen (secondary N) is 2. The molecule has 1 aromatic carbocycles. The predicted molar refractivity (Wildman–Crippen MR) is 71.4 cm³/mol. The smallest absolute Gasteiger partial charge is 0.161 e. The summed E-state index contributed by atoms with van der Waals surface area (Å²) in [5.41, 5.74) is 1.04. The Labute approximate surface area is 112 Å². The summed E-state index contributed by atoms with van der Waals surface area (Å²) in [6.07, 6.45) is 1.50. The number of hydrogen-bond acceptors (Lipinski definition) is 5. The summed E-state index contributed by atoms with van der Waals surface area (Å²) in [7, 11) is 3.24. The topological polar surface area (TPSA) is 72.1 Å². The molecule has 1 aromatic heterocycles. The van der Waals surface area contributed by atoms with Crippen molar-refractivity contribution in [2.45, 2.75) is 13.0 Å². The molecule has 6 heteroatoms. The zero-order chi connectivity index (χ0) is 13.7. The number of aromatic amines is 1. The first-order chi connectivity index (χ1) is 9.30. The number of rotatable bonds is 6. The van der Waals surface area contributed by atoms with E-state index >= 15 is 0 Å². The zero-order valence-corrected chi connectivity index (χ0v) is 11.3. The molecule has 0 aliphatic heterocycles. The van der Waals surface area contributed by atoms with E-state index in [0.29, 0.717) is 11.5 Å². The molecule has 0 aliphatic rings. The van der Waals surface area contributed by atoms with Gasteiger partial charge in [-0.2, -0.15) is 5.10 Å². The Balaban J connectivity index is 2.37. The van der Waals surface area contributed by atoms with Crippen molar-refractivity contribution in [2.24, 2.45) is 0 Å². The molecule has 0 bridgehead atoms. The molecular weight excluding hydrogens is 244 g/mol. The van der Waals surface area contributed by atoms with E-state index < -0.39 is 0 Å². The minimum atomic E-state index is -0.0488. The van der Waals surface area contributed by atoms with Gasteiger partial charge in [0.25, 0.3) is 0 Å². The molecule has 102 valence electrons. The van der Waals surface area contributed by atoms with Crippen LogP contribution < -0.4 is 14.8 Å². The van der Waals surface area contributed by atoms with E-state index in [-0.39, 0.29) is 6.04 Å². The van der Waals surface area contributed by atoms with E-state index in [1.807, 2.05) is 25.1 Å². The van der Waals surface area contributed by atoms with Gasteiger partial charge in [0.15, 0.2) is 11.5 Å². The van der Waals surface area contributed by atoms with Gasteiger partial charge in [0, 0.05) is 0 Å². The van der Waals surface area contributed by atoms with Crippen molar-refractivity contribution in [3.05, 3.63) is 35.9 Å². The fourth-order valence-electron chi connectivity index (χ4n) is 1.96. The lowest BCUT2D eigenvalue weighted by atomic mass is 10.1. The van der Waals surface area contributed by atoms with Crippen LogP contribution >= 0.6 is 0 Å². The number of nitrogens with zero attached hydrogens (tertiary/aromatic N) is 2. The van der Waals surface area contributed by atoms with Gasteiger partial charge in [-0.1, -0.05) is 13.0 Å². The lowest BCUT2D eigenvalue weighted by molar-refractivity contribution is 0.354. The SMILES string of the molecule is CCNC(c1ccc(OC)c(OC)c1)c1ncn[nH]1. The van der Waals surface area contributed by atoms with Gasteiger partial charge in [0.2, 0.25) is 0 Å². The molecular formula is C13H18N4O2. The highest BCUT2D eigenvalue weighted by atomic mass is 16.5. The van der Waals surface area contributed by atoms with Gasteiger partial charge in [-0.25, -0.2) is 4.98 Å². The maximum atomic E-state index is 5.32. The van der Waals surface area contributed by atoms with Crippen molar-refractivity contribution in [1.82, 2.24) is 20.5 Å². The van der Waals surface area contributed by atoms with Crippen LogP contribution in [-0.2, 0) is 0 Å². The summed E-state index contributed by atoms with van der Waals surface area (Å²) >= 11 is 0. The minimum absolute atomic E-state index is 0.0488. The van der Waals surface area contributed by atoms with Gasteiger partial charge in [0.05, 0.1) is 20.3 Å². The van der Waals surface area contributed by atoms with Crippen LogP contribution in [0.4, 0.5) is 0 Å². The third kappa shape index (κ3) is 2.85. The Bertz CT molecular complexity index is 513.